The topological polar surface area (TPSA) is 54.1 Å². The first-order valence-corrected chi connectivity index (χ1v) is 7.23. The summed E-state index contributed by atoms with van der Waals surface area (Å²) in [5.74, 6) is 0. The van der Waals surface area contributed by atoms with E-state index < -0.39 is 0 Å². The number of hydrogen-bond acceptors (Lipinski definition) is 4. The van der Waals surface area contributed by atoms with Gasteiger partial charge < -0.3 is 9.31 Å². The van der Waals surface area contributed by atoms with Gasteiger partial charge in [-0.15, -0.1) is 0 Å². The summed E-state index contributed by atoms with van der Waals surface area (Å²) < 4.78 is 15.8. The van der Waals surface area contributed by atoms with Gasteiger partial charge in [-0.25, -0.2) is 0 Å². The van der Waals surface area contributed by atoms with Crippen LogP contribution in [-0.2, 0) is 22.4 Å². The minimum Gasteiger partial charge on any atom is -0.399 e. The first kappa shape index (κ1) is 14.3. The van der Waals surface area contributed by atoms with Crippen molar-refractivity contribution >= 4 is 12.6 Å². The number of nitrogens with zero attached hydrogens (tertiary/aromatic N) is 4. The molecule has 0 unspecified atom stereocenters. The van der Waals surface area contributed by atoms with Crippen molar-refractivity contribution < 1.29 is 9.31 Å². The Morgan fingerprint density at radius 2 is 1.71 bits per heavy atom. The van der Waals surface area contributed by atoms with Crippen LogP contribution >= 0.6 is 0 Å². The van der Waals surface area contributed by atoms with Gasteiger partial charge in [0.25, 0.3) is 0 Å². The lowest BCUT2D eigenvalue weighted by Crippen LogP contribution is -2.41. The van der Waals surface area contributed by atoms with Crippen molar-refractivity contribution in [3.05, 3.63) is 30.9 Å². The Balaban J connectivity index is 1.66. The molecule has 0 bridgehead atoms. The van der Waals surface area contributed by atoms with Gasteiger partial charge in [0.15, 0.2) is 0 Å². The highest BCUT2D eigenvalue weighted by Crippen LogP contribution is 2.36. The van der Waals surface area contributed by atoms with E-state index >= 15 is 0 Å². The fourth-order valence-corrected chi connectivity index (χ4v) is 2.24. The SMILES string of the molecule is CC1(C)OB(c2cnn(CCn3cccn3)c2)OC1(C)C. The van der Waals surface area contributed by atoms with Crippen molar-refractivity contribution in [3.63, 3.8) is 0 Å². The van der Waals surface area contributed by atoms with Crippen LogP contribution in [0.5, 0.6) is 0 Å². The zero-order valence-electron chi connectivity index (χ0n) is 13.0. The van der Waals surface area contributed by atoms with Gasteiger partial charge in [0.2, 0.25) is 0 Å². The molecular weight excluding hydrogens is 267 g/mol. The van der Waals surface area contributed by atoms with Crippen LogP contribution in [0.4, 0.5) is 0 Å². The predicted molar refractivity (Wildman–Crippen MR) is 80.2 cm³/mol. The van der Waals surface area contributed by atoms with E-state index in [4.69, 9.17) is 9.31 Å². The molecular formula is C14H21BN4O2. The number of hydrogen-bond donors (Lipinski definition) is 0. The van der Waals surface area contributed by atoms with Crippen molar-refractivity contribution in [2.75, 3.05) is 0 Å². The number of aromatic nitrogens is 4. The summed E-state index contributed by atoms with van der Waals surface area (Å²) in [6, 6.07) is 1.92. The van der Waals surface area contributed by atoms with Crippen molar-refractivity contribution in [1.29, 1.82) is 0 Å². The molecule has 2 aromatic heterocycles. The Morgan fingerprint density at radius 1 is 1.05 bits per heavy atom. The second kappa shape index (κ2) is 5.00. The van der Waals surface area contributed by atoms with Gasteiger partial charge in [-0.1, -0.05) is 0 Å². The standard InChI is InChI=1S/C14H21BN4O2/c1-13(2)14(3,4)21-15(20-13)12-10-17-19(11-12)9-8-18-7-5-6-16-18/h5-7,10-11H,8-9H2,1-4H3. The molecule has 112 valence electrons. The first-order valence-electron chi connectivity index (χ1n) is 7.23. The molecule has 0 spiro atoms. The van der Waals surface area contributed by atoms with Gasteiger partial charge in [0.05, 0.1) is 24.3 Å². The smallest absolute Gasteiger partial charge is 0.399 e. The monoisotopic (exact) mass is 288 g/mol. The van der Waals surface area contributed by atoms with Gasteiger partial charge >= 0.3 is 7.12 Å². The Morgan fingerprint density at radius 3 is 2.33 bits per heavy atom. The summed E-state index contributed by atoms with van der Waals surface area (Å²) in [7, 11) is -0.353. The zero-order chi connectivity index (χ0) is 15.1. The molecule has 3 heterocycles. The zero-order valence-corrected chi connectivity index (χ0v) is 13.0. The highest BCUT2D eigenvalue weighted by atomic mass is 16.7. The molecule has 0 aliphatic carbocycles. The molecule has 0 aromatic carbocycles. The van der Waals surface area contributed by atoms with Crippen molar-refractivity contribution in [1.82, 2.24) is 19.6 Å². The third kappa shape index (κ3) is 2.75. The van der Waals surface area contributed by atoms with E-state index in [-0.39, 0.29) is 18.3 Å². The second-order valence-corrected chi connectivity index (χ2v) is 6.39. The minimum atomic E-state index is -0.353. The summed E-state index contributed by atoms with van der Waals surface area (Å²) in [6.45, 7) is 9.76. The molecule has 6 nitrogen and oxygen atoms in total. The van der Waals surface area contributed by atoms with Gasteiger partial charge in [0, 0.05) is 30.3 Å². The Kier molecular flexibility index (Phi) is 3.41. The van der Waals surface area contributed by atoms with E-state index in [0.717, 1.165) is 18.6 Å². The lowest BCUT2D eigenvalue weighted by molar-refractivity contribution is 0.00578. The number of aryl methyl sites for hydroxylation is 2. The molecule has 21 heavy (non-hydrogen) atoms. The van der Waals surface area contributed by atoms with Crippen LogP contribution in [0.1, 0.15) is 27.7 Å². The maximum Gasteiger partial charge on any atom is 0.498 e. The van der Waals surface area contributed by atoms with E-state index in [1.165, 1.54) is 0 Å². The molecule has 0 amide bonds. The second-order valence-electron chi connectivity index (χ2n) is 6.39. The predicted octanol–water partition coefficient (Wildman–Crippen LogP) is 1.08. The summed E-state index contributed by atoms with van der Waals surface area (Å²) in [4.78, 5) is 0. The quantitative estimate of drug-likeness (QED) is 0.790. The lowest BCUT2D eigenvalue weighted by Gasteiger charge is -2.32. The molecule has 1 aliphatic rings. The highest BCUT2D eigenvalue weighted by molar-refractivity contribution is 6.61. The van der Waals surface area contributed by atoms with E-state index in [1.54, 1.807) is 6.20 Å². The third-order valence-corrected chi connectivity index (χ3v) is 4.30. The third-order valence-electron chi connectivity index (χ3n) is 4.30. The molecule has 1 aliphatic heterocycles. The molecule has 7 heteroatoms. The van der Waals surface area contributed by atoms with Crippen LogP contribution in [-0.4, -0.2) is 37.9 Å². The summed E-state index contributed by atoms with van der Waals surface area (Å²) in [6.07, 6.45) is 7.51. The summed E-state index contributed by atoms with van der Waals surface area (Å²) in [5, 5.41) is 8.55. The maximum absolute atomic E-state index is 6.02. The van der Waals surface area contributed by atoms with Crippen LogP contribution in [0.15, 0.2) is 30.9 Å². The van der Waals surface area contributed by atoms with E-state index in [0.29, 0.717) is 0 Å². The molecule has 1 fully saturated rings. The Labute approximate surface area is 125 Å². The minimum absolute atomic E-state index is 0.325. The van der Waals surface area contributed by atoms with Crippen LogP contribution in [0.2, 0.25) is 0 Å². The lowest BCUT2D eigenvalue weighted by atomic mass is 9.82. The average molecular weight is 288 g/mol. The first-order chi connectivity index (χ1) is 9.87. The van der Waals surface area contributed by atoms with Crippen LogP contribution in [0.3, 0.4) is 0 Å². The van der Waals surface area contributed by atoms with Gasteiger partial charge in [-0.2, -0.15) is 10.2 Å². The van der Waals surface area contributed by atoms with Gasteiger partial charge in [-0.05, 0) is 33.8 Å². The van der Waals surface area contributed by atoms with Crippen LogP contribution in [0.25, 0.3) is 0 Å². The molecule has 3 rings (SSSR count). The molecule has 2 aromatic rings. The molecule has 0 atom stereocenters. The van der Waals surface area contributed by atoms with Crippen molar-refractivity contribution in [2.24, 2.45) is 0 Å². The van der Waals surface area contributed by atoms with Gasteiger partial charge in [-0.3, -0.25) is 9.36 Å². The Bertz CT molecular complexity index is 590. The largest absolute Gasteiger partial charge is 0.498 e. The Hall–Kier alpha value is -1.60. The van der Waals surface area contributed by atoms with Crippen LogP contribution in [0, 0.1) is 0 Å². The van der Waals surface area contributed by atoms with Crippen LogP contribution < -0.4 is 5.46 Å². The fourth-order valence-electron chi connectivity index (χ4n) is 2.24. The number of rotatable bonds is 4. The molecule has 0 saturated carbocycles. The molecule has 1 saturated heterocycles. The van der Waals surface area contributed by atoms with Crippen molar-refractivity contribution in [3.8, 4) is 0 Å². The van der Waals surface area contributed by atoms with E-state index in [1.807, 2.05) is 34.0 Å². The summed E-state index contributed by atoms with van der Waals surface area (Å²) >= 11 is 0. The maximum atomic E-state index is 6.02. The average Bonchev–Trinajstić information content (AvgIpc) is 3.09. The van der Waals surface area contributed by atoms with Crippen molar-refractivity contribution in [2.45, 2.75) is 52.0 Å². The normalized spacial score (nSPS) is 20.1. The fraction of sp³-hybridized carbons (Fsp3) is 0.571. The molecule has 0 radical (unpaired) electrons. The summed E-state index contributed by atoms with van der Waals surface area (Å²) in [5.41, 5.74) is 0.304. The van der Waals surface area contributed by atoms with Gasteiger partial charge in [0.1, 0.15) is 0 Å². The van der Waals surface area contributed by atoms with E-state index in [9.17, 15) is 0 Å². The molecule has 0 N–H and O–H groups in total. The highest BCUT2D eigenvalue weighted by Gasteiger charge is 2.52. The van der Waals surface area contributed by atoms with E-state index in [2.05, 4.69) is 37.9 Å².